The number of aryl methyl sites for hydroxylation is 1. The number of carbonyl (C=O) groups is 1. The number of carbonyl (C=O) groups excluding carboxylic acids is 1. The van der Waals surface area contributed by atoms with Gasteiger partial charge in [0, 0.05) is 18.1 Å². The summed E-state index contributed by atoms with van der Waals surface area (Å²) in [5.74, 6) is -0.261. The third-order valence-electron chi connectivity index (χ3n) is 3.84. The summed E-state index contributed by atoms with van der Waals surface area (Å²) in [7, 11) is -1.33. The van der Waals surface area contributed by atoms with E-state index >= 15 is 0 Å². The molecule has 0 unspecified atom stereocenters. The quantitative estimate of drug-likeness (QED) is 0.727. The first-order valence-electron chi connectivity index (χ1n) is 7.84. The average molecular weight is 390 g/mol. The Hall–Kier alpha value is -2.51. The first kappa shape index (κ1) is 18.3. The number of para-hydroxylation sites is 1. The molecular weight excluding hydrogens is 374 g/mol. The number of nitrogens with zero attached hydrogens (tertiary/aromatic N) is 2. The number of amides is 1. The van der Waals surface area contributed by atoms with Crippen molar-refractivity contribution in [3.05, 3.63) is 63.9 Å². The van der Waals surface area contributed by atoms with Crippen LogP contribution in [0.15, 0.2) is 58.4 Å². The monoisotopic (exact) mass is 389 g/mol. The molecule has 134 valence electrons. The van der Waals surface area contributed by atoms with Crippen LogP contribution in [0, 0.1) is 0 Å². The zero-order valence-electron chi connectivity index (χ0n) is 13.9. The molecule has 3 aromatic rings. The molecule has 2 aromatic carbocycles. The number of hydrogen-bond donors (Lipinski definition) is 1. The number of anilines is 1. The number of rotatable bonds is 5. The Balaban J connectivity index is 1.77. The number of hydrogen-bond acceptors (Lipinski definition) is 4. The summed E-state index contributed by atoms with van der Waals surface area (Å²) in [4.78, 5) is 24.6. The highest BCUT2D eigenvalue weighted by Crippen LogP contribution is 2.27. The summed E-state index contributed by atoms with van der Waals surface area (Å²) in [6.07, 6.45) is 2.89. The fraction of sp³-hybridized carbons (Fsp3) is 0.167. The summed E-state index contributed by atoms with van der Waals surface area (Å²) in [6, 6.07) is 12.1. The predicted molar refractivity (Wildman–Crippen MR) is 103 cm³/mol. The first-order valence-corrected chi connectivity index (χ1v) is 9.77. The molecule has 0 radical (unpaired) electrons. The molecule has 26 heavy (non-hydrogen) atoms. The van der Waals surface area contributed by atoms with Gasteiger partial charge in [0.25, 0.3) is 0 Å². The second kappa shape index (κ2) is 7.80. The lowest BCUT2D eigenvalue weighted by atomic mass is 10.2. The lowest BCUT2D eigenvalue weighted by Gasteiger charge is -2.12. The van der Waals surface area contributed by atoms with Gasteiger partial charge in [-0.2, -0.15) is 5.10 Å². The van der Waals surface area contributed by atoms with Gasteiger partial charge >= 0.3 is 0 Å². The minimum atomic E-state index is -1.33. The van der Waals surface area contributed by atoms with Crippen molar-refractivity contribution in [1.82, 2.24) is 9.78 Å². The van der Waals surface area contributed by atoms with Crippen LogP contribution in [-0.2, 0) is 22.1 Å². The molecule has 0 aliphatic rings. The van der Waals surface area contributed by atoms with Crippen molar-refractivity contribution in [3.8, 4) is 0 Å². The molecule has 0 fully saturated rings. The van der Waals surface area contributed by atoms with Crippen molar-refractivity contribution >= 4 is 44.9 Å². The molecule has 0 saturated carbocycles. The minimum Gasteiger partial charge on any atom is -0.325 e. The first-order chi connectivity index (χ1) is 12.5. The van der Waals surface area contributed by atoms with Gasteiger partial charge in [0.15, 0.2) is 0 Å². The number of fused-ring (bicyclic) bond motifs is 1. The van der Waals surface area contributed by atoms with Gasteiger partial charge in [-0.05, 0) is 24.3 Å². The van der Waals surface area contributed by atoms with Crippen LogP contribution >= 0.6 is 11.6 Å². The second-order valence-corrected chi connectivity index (χ2v) is 7.34. The van der Waals surface area contributed by atoms with Crippen LogP contribution in [0.1, 0.15) is 6.42 Å². The Bertz CT molecular complexity index is 1060. The molecule has 0 saturated heterocycles. The zero-order chi connectivity index (χ0) is 18.7. The number of aromatic nitrogens is 2. The van der Waals surface area contributed by atoms with E-state index in [0.717, 1.165) is 0 Å². The van der Waals surface area contributed by atoms with E-state index in [4.69, 9.17) is 11.6 Å². The van der Waals surface area contributed by atoms with Gasteiger partial charge in [0.05, 0.1) is 44.7 Å². The predicted octanol–water partition coefficient (Wildman–Crippen LogP) is 2.82. The van der Waals surface area contributed by atoms with E-state index in [-0.39, 0.29) is 17.8 Å². The maximum absolute atomic E-state index is 12.3. The lowest BCUT2D eigenvalue weighted by molar-refractivity contribution is -0.116. The van der Waals surface area contributed by atoms with Crippen LogP contribution in [-0.4, -0.2) is 26.2 Å². The summed E-state index contributed by atoms with van der Waals surface area (Å²) >= 11 is 6.07. The molecule has 1 heterocycles. The van der Waals surface area contributed by atoms with Gasteiger partial charge in [-0.1, -0.05) is 29.8 Å². The SMILES string of the molecule is C[S@@](=O)c1c(Cl)cccc1NC(=O)CCn1ncc(=O)c2ccccc21. The molecule has 1 aromatic heterocycles. The molecular formula is C18H16ClN3O3S. The smallest absolute Gasteiger partial charge is 0.226 e. The van der Waals surface area contributed by atoms with Crippen LogP contribution in [0.25, 0.3) is 10.9 Å². The highest BCUT2D eigenvalue weighted by molar-refractivity contribution is 7.84. The third-order valence-corrected chi connectivity index (χ3v) is 5.28. The van der Waals surface area contributed by atoms with E-state index in [0.29, 0.717) is 33.1 Å². The molecule has 6 nitrogen and oxygen atoms in total. The number of nitrogens with one attached hydrogen (secondary N) is 1. The van der Waals surface area contributed by atoms with Gasteiger partial charge in [0.2, 0.25) is 11.3 Å². The molecule has 0 aliphatic carbocycles. The Kier molecular flexibility index (Phi) is 5.49. The molecule has 0 bridgehead atoms. The summed E-state index contributed by atoms with van der Waals surface area (Å²) in [6.45, 7) is 0.303. The van der Waals surface area contributed by atoms with Crippen LogP contribution in [0.5, 0.6) is 0 Å². The van der Waals surface area contributed by atoms with Crippen LogP contribution in [0.3, 0.4) is 0 Å². The normalized spacial score (nSPS) is 12.1. The second-order valence-electron chi connectivity index (χ2n) is 5.62. The third kappa shape index (κ3) is 3.84. The van der Waals surface area contributed by atoms with Crippen LogP contribution in [0.4, 0.5) is 5.69 Å². The topological polar surface area (TPSA) is 81.1 Å². The van der Waals surface area contributed by atoms with E-state index in [1.165, 1.54) is 12.5 Å². The van der Waals surface area contributed by atoms with E-state index in [1.807, 2.05) is 6.07 Å². The van der Waals surface area contributed by atoms with Crippen LogP contribution < -0.4 is 10.7 Å². The molecule has 3 rings (SSSR count). The van der Waals surface area contributed by atoms with Gasteiger partial charge in [-0.15, -0.1) is 0 Å². The Labute approximate surface area is 157 Å². The molecule has 1 N–H and O–H groups in total. The van der Waals surface area contributed by atoms with Crippen molar-refractivity contribution < 1.29 is 9.00 Å². The molecule has 8 heteroatoms. The van der Waals surface area contributed by atoms with Crippen molar-refractivity contribution in [2.24, 2.45) is 0 Å². The summed E-state index contributed by atoms with van der Waals surface area (Å²) < 4.78 is 13.5. The fourth-order valence-electron chi connectivity index (χ4n) is 2.66. The standard InChI is InChI=1S/C18H16ClN3O3S/c1-26(25)18-13(19)6-4-7-14(18)21-17(24)9-10-22-15-8-3-2-5-12(15)16(23)11-20-22/h2-8,11H,9-10H2,1H3,(H,21,24)/t26-/m1/s1. The highest BCUT2D eigenvalue weighted by Gasteiger charge is 2.13. The fourth-order valence-corrected chi connectivity index (χ4v) is 3.93. The molecule has 1 amide bonds. The highest BCUT2D eigenvalue weighted by atomic mass is 35.5. The maximum Gasteiger partial charge on any atom is 0.226 e. The Morgan fingerprint density at radius 2 is 2.00 bits per heavy atom. The van der Waals surface area contributed by atoms with E-state index < -0.39 is 10.8 Å². The largest absolute Gasteiger partial charge is 0.325 e. The van der Waals surface area contributed by atoms with Crippen molar-refractivity contribution in [2.75, 3.05) is 11.6 Å². The van der Waals surface area contributed by atoms with Crippen molar-refractivity contribution in [1.29, 1.82) is 0 Å². The molecule has 0 aliphatic heterocycles. The van der Waals surface area contributed by atoms with E-state index in [9.17, 15) is 13.8 Å². The van der Waals surface area contributed by atoms with Gasteiger partial charge in [-0.25, -0.2) is 0 Å². The molecule has 0 spiro atoms. The van der Waals surface area contributed by atoms with Gasteiger partial charge in [-0.3, -0.25) is 18.5 Å². The van der Waals surface area contributed by atoms with E-state index in [2.05, 4.69) is 10.4 Å². The Morgan fingerprint density at radius 1 is 1.23 bits per heavy atom. The maximum atomic E-state index is 12.3. The Morgan fingerprint density at radius 3 is 2.77 bits per heavy atom. The zero-order valence-corrected chi connectivity index (χ0v) is 15.5. The van der Waals surface area contributed by atoms with E-state index in [1.54, 1.807) is 41.1 Å². The average Bonchev–Trinajstić information content (AvgIpc) is 2.61. The van der Waals surface area contributed by atoms with Gasteiger partial charge < -0.3 is 5.32 Å². The lowest BCUT2D eigenvalue weighted by Crippen LogP contribution is -2.18. The number of benzene rings is 2. The van der Waals surface area contributed by atoms with Gasteiger partial charge in [0.1, 0.15) is 0 Å². The number of halogens is 1. The van der Waals surface area contributed by atoms with Crippen LogP contribution in [0.2, 0.25) is 5.02 Å². The minimum absolute atomic E-state index is 0.141. The summed E-state index contributed by atoms with van der Waals surface area (Å²) in [5.41, 5.74) is 0.947. The van der Waals surface area contributed by atoms with Crippen molar-refractivity contribution in [2.45, 2.75) is 17.9 Å². The van der Waals surface area contributed by atoms with Crippen molar-refractivity contribution in [3.63, 3.8) is 0 Å². The summed E-state index contributed by atoms with van der Waals surface area (Å²) in [5, 5.41) is 7.74. The molecule has 1 atom stereocenters.